The highest BCUT2D eigenvalue weighted by Crippen LogP contribution is 2.43. The lowest BCUT2D eigenvalue weighted by Gasteiger charge is -2.39. The number of rotatable bonds is 4. The Morgan fingerprint density at radius 3 is 2.43 bits per heavy atom. The lowest BCUT2D eigenvalue weighted by atomic mass is 9.78. The van der Waals surface area contributed by atoms with E-state index in [0.29, 0.717) is 40.4 Å². The highest BCUT2D eigenvalue weighted by molar-refractivity contribution is 7.22. The molecule has 0 aliphatic carbocycles. The van der Waals surface area contributed by atoms with Crippen LogP contribution in [-0.2, 0) is 12.7 Å². The average Bonchev–Trinajstić information content (AvgIpc) is 3.22. The molecule has 0 N–H and O–H groups in total. The fourth-order valence-corrected chi connectivity index (χ4v) is 6.65. The van der Waals surface area contributed by atoms with Crippen molar-refractivity contribution in [3.05, 3.63) is 72.0 Å². The molecule has 0 atom stereocenters. The number of likely N-dealkylation sites (tertiary alicyclic amines) is 1. The fraction of sp³-hybridized carbons (Fsp3) is 0.417. The first kappa shape index (κ1) is 26.1. The molecule has 5 rings (SSSR count). The molecule has 2 aliphatic heterocycles. The van der Waals surface area contributed by atoms with Gasteiger partial charge in [0.2, 0.25) is 0 Å². The predicted octanol–water partition coefficient (Wildman–Crippen LogP) is 6.38. The van der Waals surface area contributed by atoms with E-state index < -0.39 is 33.3 Å². The minimum absolute atomic E-state index is 0.0954. The molecule has 0 radical (unpaired) electrons. The van der Waals surface area contributed by atoms with Crippen LogP contribution in [0.2, 0.25) is 10.0 Å². The minimum Gasteiger partial charge on any atom is -0.348 e. The molecule has 2 fully saturated rings. The number of nitro benzene ring substituents is 1. The number of hydrogen-bond donors (Lipinski definition) is 0. The molecule has 2 aliphatic rings. The summed E-state index contributed by atoms with van der Waals surface area (Å²) in [6, 6.07) is 6.76. The van der Waals surface area contributed by atoms with E-state index in [1.165, 1.54) is 0 Å². The second kappa shape index (κ2) is 9.68. The summed E-state index contributed by atoms with van der Waals surface area (Å²) in [5.41, 5.74) is -1.67. The lowest BCUT2D eigenvalue weighted by molar-refractivity contribution is -0.383. The van der Waals surface area contributed by atoms with Crippen LogP contribution in [0.25, 0.3) is 10.1 Å². The topological polar surface area (TPSA) is 79.6 Å². The number of hydrogen-bond acceptors (Lipinski definition) is 7. The van der Waals surface area contributed by atoms with Gasteiger partial charge in [-0.1, -0.05) is 40.6 Å². The van der Waals surface area contributed by atoms with Gasteiger partial charge in [0.25, 0.3) is 11.2 Å². The van der Waals surface area contributed by atoms with E-state index in [0.717, 1.165) is 55.8 Å². The zero-order chi connectivity index (χ0) is 26.5. The van der Waals surface area contributed by atoms with Crippen molar-refractivity contribution in [1.82, 2.24) is 9.88 Å². The second-order valence-corrected chi connectivity index (χ2v) is 11.4. The van der Waals surface area contributed by atoms with Crippen LogP contribution in [-0.4, -0.2) is 41.0 Å². The Balaban J connectivity index is 1.33. The number of halogens is 5. The Bertz CT molecular complexity index is 1440. The summed E-state index contributed by atoms with van der Waals surface area (Å²) in [6.45, 7) is 3.82. The van der Waals surface area contributed by atoms with Crippen LogP contribution in [0.3, 0.4) is 0 Å². The first-order valence-corrected chi connectivity index (χ1v) is 13.1. The van der Waals surface area contributed by atoms with Crippen LogP contribution in [0.5, 0.6) is 0 Å². The zero-order valence-electron chi connectivity index (χ0n) is 19.4. The molecule has 2 saturated heterocycles. The molecule has 2 aromatic carbocycles. The molecule has 7 nitrogen and oxygen atoms in total. The highest BCUT2D eigenvalue weighted by Gasteiger charge is 2.41. The van der Waals surface area contributed by atoms with Gasteiger partial charge in [0.1, 0.15) is 4.70 Å². The summed E-state index contributed by atoms with van der Waals surface area (Å²) in [5, 5.41) is 12.5. The van der Waals surface area contributed by atoms with Crippen molar-refractivity contribution in [3.8, 4) is 0 Å². The van der Waals surface area contributed by atoms with Crippen LogP contribution in [0.1, 0.15) is 30.4 Å². The van der Waals surface area contributed by atoms with E-state index in [1.807, 2.05) is 17.0 Å². The van der Waals surface area contributed by atoms with E-state index in [9.17, 15) is 28.1 Å². The molecule has 3 aromatic rings. The number of fused-ring (bicyclic) bond motifs is 1. The SMILES string of the molecule is O=c1nc(N2CCC3(CCN(Cc4ccc(Cl)c(Cl)c4)C3)CC2)sc2c([N+](=O)[O-])cc(C(F)(F)F)cc12. The van der Waals surface area contributed by atoms with Gasteiger partial charge in [0, 0.05) is 32.2 Å². The van der Waals surface area contributed by atoms with Crippen LogP contribution < -0.4 is 10.5 Å². The summed E-state index contributed by atoms with van der Waals surface area (Å²) in [7, 11) is 0. The first-order valence-electron chi connectivity index (χ1n) is 11.6. The maximum atomic E-state index is 13.2. The molecular formula is C24H21Cl2F3N4O3S. The van der Waals surface area contributed by atoms with Crippen molar-refractivity contribution >= 4 is 55.4 Å². The van der Waals surface area contributed by atoms with E-state index in [4.69, 9.17) is 23.2 Å². The molecule has 0 saturated carbocycles. The molecule has 0 unspecified atom stereocenters. The maximum absolute atomic E-state index is 13.2. The number of nitro groups is 1. The van der Waals surface area contributed by atoms with Crippen molar-refractivity contribution < 1.29 is 18.1 Å². The highest BCUT2D eigenvalue weighted by atomic mass is 35.5. The molecule has 0 bridgehead atoms. The third kappa shape index (κ3) is 5.27. The van der Waals surface area contributed by atoms with Crippen molar-refractivity contribution in [2.75, 3.05) is 31.1 Å². The van der Waals surface area contributed by atoms with Gasteiger partial charge in [-0.2, -0.15) is 18.2 Å². The van der Waals surface area contributed by atoms with Gasteiger partial charge in [-0.25, -0.2) is 0 Å². The van der Waals surface area contributed by atoms with Crippen LogP contribution >= 0.6 is 34.5 Å². The van der Waals surface area contributed by atoms with E-state index >= 15 is 0 Å². The number of piperidine rings is 1. The Morgan fingerprint density at radius 2 is 1.78 bits per heavy atom. The average molecular weight is 573 g/mol. The lowest BCUT2D eigenvalue weighted by Crippen LogP contribution is -2.42. The van der Waals surface area contributed by atoms with Crippen LogP contribution in [0.15, 0.2) is 35.1 Å². The molecule has 37 heavy (non-hydrogen) atoms. The number of non-ortho nitro benzene ring substituents is 1. The number of benzene rings is 2. The summed E-state index contributed by atoms with van der Waals surface area (Å²) in [4.78, 5) is 31.6. The molecular weight excluding hydrogens is 552 g/mol. The molecule has 0 amide bonds. The Labute approximate surface area is 223 Å². The molecule has 1 spiro atoms. The van der Waals surface area contributed by atoms with Gasteiger partial charge < -0.3 is 4.90 Å². The summed E-state index contributed by atoms with van der Waals surface area (Å²) < 4.78 is 39.6. The minimum atomic E-state index is -4.81. The Hall–Kier alpha value is -2.47. The number of anilines is 1. The van der Waals surface area contributed by atoms with Gasteiger partial charge in [0.05, 0.1) is 25.9 Å². The van der Waals surface area contributed by atoms with Crippen molar-refractivity contribution in [2.24, 2.45) is 5.41 Å². The third-order valence-electron chi connectivity index (χ3n) is 7.22. The quantitative estimate of drug-likeness (QED) is 0.266. The normalized spacial score (nSPS) is 18.1. The van der Waals surface area contributed by atoms with Gasteiger partial charge >= 0.3 is 6.18 Å². The third-order valence-corrected chi connectivity index (χ3v) is 9.12. The van der Waals surface area contributed by atoms with Crippen molar-refractivity contribution in [1.29, 1.82) is 0 Å². The number of nitrogens with zero attached hydrogens (tertiary/aromatic N) is 4. The number of aromatic nitrogens is 1. The van der Waals surface area contributed by atoms with E-state index in [2.05, 4.69) is 9.88 Å². The van der Waals surface area contributed by atoms with Crippen molar-refractivity contribution in [2.45, 2.75) is 32.0 Å². The standard InChI is InChI=1S/C24H21Cl2F3N4O3S/c25-17-2-1-14(9-18(17)26)12-31-6-3-23(13-31)4-7-32(8-5-23)22-30-21(34)16-10-15(24(27,28)29)11-19(33(35)36)20(16)37-22/h1-2,9-11H,3-8,12-13H2. The van der Waals surface area contributed by atoms with E-state index in [-0.39, 0.29) is 10.1 Å². The molecule has 1 aromatic heterocycles. The monoisotopic (exact) mass is 572 g/mol. The second-order valence-electron chi connectivity index (χ2n) is 9.62. The zero-order valence-corrected chi connectivity index (χ0v) is 21.7. The van der Waals surface area contributed by atoms with Gasteiger partial charge in [-0.3, -0.25) is 19.8 Å². The molecule has 3 heterocycles. The fourth-order valence-electron chi connectivity index (χ4n) is 5.21. The summed E-state index contributed by atoms with van der Waals surface area (Å²) >= 11 is 13.1. The number of alkyl halides is 3. The molecule has 13 heteroatoms. The largest absolute Gasteiger partial charge is 0.416 e. The first-order chi connectivity index (χ1) is 17.4. The van der Waals surface area contributed by atoms with Crippen LogP contribution in [0, 0.1) is 15.5 Å². The van der Waals surface area contributed by atoms with Crippen molar-refractivity contribution in [3.63, 3.8) is 0 Å². The van der Waals surface area contributed by atoms with Crippen LogP contribution in [0.4, 0.5) is 24.0 Å². The van der Waals surface area contributed by atoms with Gasteiger partial charge in [-0.15, -0.1) is 0 Å². The van der Waals surface area contributed by atoms with Gasteiger partial charge in [-0.05, 0) is 55.0 Å². The Morgan fingerprint density at radius 1 is 1.08 bits per heavy atom. The molecule has 196 valence electrons. The Kier molecular flexibility index (Phi) is 6.84. The maximum Gasteiger partial charge on any atom is 0.416 e. The summed E-state index contributed by atoms with van der Waals surface area (Å²) in [6.07, 6.45) is -2.10. The smallest absolute Gasteiger partial charge is 0.348 e. The predicted molar refractivity (Wildman–Crippen MR) is 138 cm³/mol. The van der Waals surface area contributed by atoms with Gasteiger partial charge in [0.15, 0.2) is 5.13 Å². The van der Waals surface area contributed by atoms with E-state index in [1.54, 1.807) is 6.07 Å². The summed E-state index contributed by atoms with van der Waals surface area (Å²) in [5.74, 6) is 0.